The van der Waals surface area contributed by atoms with Crippen LogP contribution in [0, 0.1) is 5.41 Å². The van der Waals surface area contributed by atoms with Crippen molar-refractivity contribution in [3.63, 3.8) is 0 Å². The Morgan fingerprint density at radius 1 is 1.17 bits per heavy atom. The van der Waals surface area contributed by atoms with Gasteiger partial charge in [-0.25, -0.2) is 8.42 Å². The summed E-state index contributed by atoms with van der Waals surface area (Å²) in [6, 6.07) is 0.763. The Morgan fingerprint density at radius 2 is 1.83 bits per heavy atom. The first kappa shape index (κ1) is 14.3. The molecule has 0 aliphatic heterocycles. The maximum Gasteiger partial charge on any atom is 0.147 e. The Labute approximate surface area is 112 Å². The van der Waals surface area contributed by atoms with Crippen molar-refractivity contribution in [2.75, 3.05) is 18.6 Å². The van der Waals surface area contributed by atoms with E-state index in [9.17, 15) is 8.42 Å². The van der Waals surface area contributed by atoms with E-state index in [1.807, 2.05) is 0 Å². The normalized spacial score (nSPS) is 24.1. The van der Waals surface area contributed by atoms with Gasteiger partial charge in [0.25, 0.3) is 0 Å². The van der Waals surface area contributed by atoms with E-state index in [1.54, 1.807) is 0 Å². The van der Waals surface area contributed by atoms with Crippen LogP contribution in [0.25, 0.3) is 0 Å². The highest BCUT2D eigenvalue weighted by Gasteiger charge is 2.33. The van der Waals surface area contributed by atoms with Crippen LogP contribution in [0.5, 0.6) is 0 Å². The molecule has 0 aromatic heterocycles. The molecule has 2 saturated carbocycles. The minimum Gasteiger partial charge on any atom is -0.313 e. The van der Waals surface area contributed by atoms with Gasteiger partial charge in [-0.2, -0.15) is 0 Å². The zero-order chi connectivity index (χ0) is 13.1. The lowest BCUT2D eigenvalue weighted by Crippen LogP contribution is -2.37. The third-order valence-electron chi connectivity index (χ3n) is 4.48. The molecule has 4 heteroatoms. The van der Waals surface area contributed by atoms with E-state index in [-0.39, 0.29) is 0 Å². The summed E-state index contributed by atoms with van der Waals surface area (Å²) in [7, 11) is -2.79. The van der Waals surface area contributed by atoms with Gasteiger partial charge in [0.05, 0.1) is 0 Å². The lowest BCUT2D eigenvalue weighted by atomic mass is 9.71. The van der Waals surface area contributed by atoms with Gasteiger partial charge < -0.3 is 5.32 Å². The van der Waals surface area contributed by atoms with Gasteiger partial charge in [0.15, 0.2) is 0 Å². The molecule has 0 aromatic rings. The van der Waals surface area contributed by atoms with Crippen LogP contribution in [-0.2, 0) is 9.84 Å². The van der Waals surface area contributed by atoms with Crippen LogP contribution in [0.4, 0.5) is 0 Å². The molecule has 0 heterocycles. The standard InChI is InChI=1S/C14H27NO2S/c1-18(16,17)11-5-10-14(8-3-2-4-9-14)12-15-13-6-7-13/h13,15H,2-12H2,1H3. The first-order valence-corrected chi connectivity index (χ1v) is 9.46. The quantitative estimate of drug-likeness (QED) is 0.775. The van der Waals surface area contributed by atoms with Crippen LogP contribution < -0.4 is 5.32 Å². The number of hydrogen-bond acceptors (Lipinski definition) is 3. The van der Waals surface area contributed by atoms with E-state index < -0.39 is 9.84 Å². The Kier molecular flexibility index (Phi) is 4.70. The Hall–Kier alpha value is -0.0900. The number of rotatable bonds is 7. The molecule has 0 unspecified atom stereocenters. The minimum atomic E-state index is -2.79. The number of sulfone groups is 1. The van der Waals surface area contributed by atoms with Gasteiger partial charge in [0, 0.05) is 24.6 Å². The Bertz CT molecular complexity index is 354. The molecule has 1 N–H and O–H groups in total. The number of nitrogens with one attached hydrogen (secondary N) is 1. The molecule has 0 atom stereocenters. The van der Waals surface area contributed by atoms with Crippen molar-refractivity contribution in [3.05, 3.63) is 0 Å². The molecule has 0 amide bonds. The predicted molar refractivity (Wildman–Crippen MR) is 75.5 cm³/mol. The van der Waals surface area contributed by atoms with Gasteiger partial charge in [-0.1, -0.05) is 19.3 Å². The summed E-state index contributed by atoms with van der Waals surface area (Å²) in [5.74, 6) is 0.359. The van der Waals surface area contributed by atoms with E-state index in [4.69, 9.17) is 0 Å². The van der Waals surface area contributed by atoms with Crippen LogP contribution >= 0.6 is 0 Å². The van der Waals surface area contributed by atoms with Crippen molar-refractivity contribution < 1.29 is 8.42 Å². The smallest absolute Gasteiger partial charge is 0.147 e. The second-order valence-corrected chi connectivity index (χ2v) is 8.71. The molecule has 0 bridgehead atoms. The van der Waals surface area contributed by atoms with Crippen molar-refractivity contribution in [3.8, 4) is 0 Å². The fraction of sp³-hybridized carbons (Fsp3) is 1.00. The largest absolute Gasteiger partial charge is 0.313 e. The summed E-state index contributed by atoms with van der Waals surface area (Å²) in [6.45, 7) is 1.11. The summed E-state index contributed by atoms with van der Waals surface area (Å²) < 4.78 is 22.5. The zero-order valence-corrected chi connectivity index (χ0v) is 12.4. The second-order valence-electron chi connectivity index (χ2n) is 6.45. The van der Waals surface area contributed by atoms with Crippen LogP contribution in [0.15, 0.2) is 0 Å². The minimum absolute atomic E-state index is 0.359. The first-order chi connectivity index (χ1) is 8.49. The summed E-state index contributed by atoms with van der Waals surface area (Å²) in [4.78, 5) is 0. The fourth-order valence-corrected chi connectivity index (χ4v) is 3.84. The van der Waals surface area contributed by atoms with Gasteiger partial charge in [0.1, 0.15) is 9.84 Å². The van der Waals surface area contributed by atoms with Crippen molar-refractivity contribution in [1.82, 2.24) is 5.32 Å². The van der Waals surface area contributed by atoms with Crippen LogP contribution in [0.2, 0.25) is 0 Å². The van der Waals surface area contributed by atoms with Gasteiger partial charge >= 0.3 is 0 Å². The molecule has 2 rings (SSSR count). The molecule has 2 fully saturated rings. The molecular formula is C14H27NO2S. The Balaban J connectivity index is 1.82. The van der Waals surface area contributed by atoms with Crippen LogP contribution in [0.1, 0.15) is 57.8 Å². The van der Waals surface area contributed by atoms with E-state index in [0.717, 1.165) is 25.4 Å². The van der Waals surface area contributed by atoms with E-state index in [2.05, 4.69) is 5.32 Å². The predicted octanol–water partition coefficient (Wildman–Crippen LogP) is 2.51. The topological polar surface area (TPSA) is 46.2 Å². The third-order valence-corrected chi connectivity index (χ3v) is 5.51. The summed E-state index contributed by atoms with van der Waals surface area (Å²) in [5, 5.41) is 3.67. The molecule has 0 aromatic carbocycles. The van der Waals surface area contributed by atoms with Crippen LogP contribution in [0.3, 0.4) is 0 Å². The van der Waals surface area contributed by atoms with Crippen LogP contribution in [-0.4, -0.2) is 33.0 Å². The molecular weight excluding hydrogens is 246 g/mol. The average molecular weight is 273 g/mol. The molecule has 0 spiro atoms. The van der Waals surface area contributed by atoms with Crippen molar-refractivity contribution >= 4 is 9.84 Å². The highest BCUT2D eigenvalue weighted by atomic mass is 32.2. The van der Waals surface area contributed by atoms with Gasteiger partial charge in [-0.3, -0.25) is 0 Å². The number of hydrogen-bond donors (Lipinski definition) is 1. The zero-order valence-electron chi connectivity index (χ0n) is 11.6. The first-order valence-electron chi connectivity index (χ1n) is 7.40. The van der Waals surface area contributed by atoms with E-state index >= 15 is 0 Å². The van der Waals surface area contributed by atoms with Crippen molar-refractivity contribution in [1.29, 1.82) is 0 Å². The average Bonchev–Trinajstić information content (AvgIpc) is 3.10. The monoisotopic (exact) mass is 273 g/mol. The SMILES string of the molecule is CS(=O)(=O)CCCC1(CNC2CC2)CCCCC1. The molecule has 0 radical (unpaired) electrons. The fourth-order valence-electron chi connectivity index (χ4n) is 3.17. The third kappa shape index (κ3) is 4.88. The molecule has 3 nitrogen and oxygen atoms in total. The van der Waals surface area contributed by atoms with Crippen molar-refractivity contribution in [2.24, 2.45) is 5.41 Å². The molecule has 2 aliphatic rings. The summed E-state index contributed by atoms with van der Waals surface area (Å²) in [6.07, 6.45) is 12.5. The van der Waals surface area contributed by atoms with Gasteiger partial charge in [-0.15, -0.1) is 0 Å². The second kappa shape index (κ2) is 5.91. The molecule has 0 saturated heterocycles. The summed E-state index contributed by atoms with van der Waals surface area (Å²) in [5.41, 5.74) is 0.394. The molecule has 18 heavy (non-hydrogen) atoms. The Morgan fingerprint density at radius 3 is 2.39 bits per heavy atom. The van der Waals surface area contributed by atoms with Gasteiger partial charge in [0.2, 0.25) is 0 Å². The molecule has 2 aliphatic carbocycles. The highest BCUT2D eigenvalue weighted by molar-refractivity contribution is 7.90. The summed E-state index contributed by atoms with van der Waals surface area (Å²) >= 11 is 0. The molecule has 106 valence electrons. The lowest BCUT2D eigenvalue weighted by Gasteiger charge is -2.38. The lowest BCUT2D eigenvalue weighted by molar-refractivity contribution is 0.165. The van der Waals surface area contributed by atoms with Gasteiger partial charge in [-0.05, 0) is 43.9 Å². The maximum atomic E-state index is 11.2. The van der Waals surface area contributed by atoms with E-state index in [0.29, 0.717) is 11.2 Å². The highest BCUT2D eigenvalue weighted by Crippen LogP contribution is 2.40. The van der Waals surface area contributed by atoms with E-state index in [1.165, 1.54) is 51.2 Å². The van der Waals surface area contributed by atoms with Crippen molar-refractivity contribution in [2.45, 2.75) is 63.8 Å². The maximum absolute atomic E-state index is 11.2.